The molecule has 0 radical (unpaired) electrons. The van der Waals surface area contributed by atoms with Crippen molar-refractivity contribution in [2.24, 2.45) is 0 Å². The van der Waals surface area contributed by atoms with E-state index >= 15 is 0 Å². The fourth-order valence-electron chi connectivity index (χ4n) is 2.18. The SMILES string of the molecule is Cc1n[nH]cc1N(C1CCOCC1)S(=O)(=O)NC(=O)O. The van der Waals surface area contributed by atoms with E-state index in [1.807, 2.05) is 0 Å². The van der Waals surface area contributed by atoms with Crippen LogP contribution in [0.2, 0.25) is 0 Å². The average molecular weight is 304 g/mol. The van der Waals surface area contributed by atoms with Crippen LogP contribution < -0.4 is 9.03 Å². The molecule has 1 fully saturated rings. The zero-order chi connectivity index (χ0) is 14.8. The number of rotatable bonds is 4. The summed E-state index contributed by atoms with van der Waals surface area (Å²) in [6.45, 7) is 2.51. The van der Waals surface area contributed by atoms with Gasteiger partial charge in [0.1, 0.15) is 0 Å². The molecule has 1 saturated heterocycles. The van der Waals surface area contributed by atoms with E-state index in [1.165, 1.54) is 6.20 Å². The van der Waals surface area contributed by atoms with Crippen molar-refractivity contribution < 1.29 is 23.1 Å². The predicted octanol–water partition coefficient (Wildman–Crippen LogP) is 0.216. The van der Waals surface area contributed by atoms with Gasteiger partial charge < -0.3 is 9.84 Å². The summed E-state index contributed by atoms with van der Waals surface area (Å²) < 4.78 is 32.3. The third-order valence-electron chi connectivity index (χ3n) is 3.04. The molecule has 3 N–H and O–H groups in total. The van der Waals surface area contributed by atoms with Gasteiger partial charge in [-0.25, -0.2) is 13.8 Å². The van der Waals surface area contributed by atoms with Crippen LogP contribution in [0, 0.1) is 6.92 Å². The molecular weight excluding hydrogens is 288 g/mol. The molecule has 0 aliphatic carbocycles. The molecule has 1 aliphatic heterocycles. The van der Waals surface area contributed by atoms with E-state index in [-0.39, 0.29) is 6.04 Å². The summed E-state index contributed by atoms with van der Waals surface area (Å²) in [7, 11) is -4.20. The smallest absolute Gasteiger partial charge is 0.419 e. The van der Waals surface area contributed by atoms with E-state index in [2.05, 4.69) is 10.2 Å². The van der Waals surface area contributed by atoms with Crippen LogP contribution in [0.3, 0.4) is 0 Å². The highest BCUT2D eigenvalue weighted by Crippen LogP contribution is 2.27. The molecule has 1 aliphatic rings. The topological polar surface area (TPSA) is 125 Å². The van der Waals surface area contributed by atoms with E-state index < -0.39 is 16.3 Å². The molecule has 1 aromatic heterocycles. The maximum Gasteiger partial charge on any atom is 0.419 e. The second-order valence-electron chi connectivity index (χ2n) is 4.41. The van der Waals surface area contributed by atoms with E-state index in [0.29, 0.717) is 37.4 Å². The minimum atomic E-state index is -4.20. The predicted molar refractivity (Wildman–Crippen MR) is 69.7 cm³/mol. The third kappa shape index (κ3) is 3.02. The first-order chi connectivity index (χ1) is 9.42. The second kappa shape index (κ2) is 5.67. The van der Waals surface area contributed by atoms with Crippen molar-refractivity contribution in [1.29, 1.82) is 0 Å². The lowest BCUT2D eigenvalue weighted by Gasteiger charge is -2.33. The monoisotopic (exact) mass is 304 g/mol. The highest BCUT2D eigenvalue weighted by molar-refractivity contribution is 7.91. The van der Waals surface area contributed by atoms with Crippen LogP contribution in [0.4, 0.5) is 10.5 Å². The number of nitrogens with zero attached hydrogens (tertiary/aromatic N) is 2. The molecule has 0 atom stereocenters. The minimum absolute atomic E-state index is 0.339. The van der Waals surface area contributed by atoms with Crippen molar-refractivity contribution in [2.75, 3.05) is 17.5 Å². The summed E-state index contributed by atoms with van der Waals surface area (Å²) in [6.07, 6.45) is 0.797. The molecule has 1 amide bonds. The van der Waals surface area contributed by atoms with Crippen molar-refractivity contribution in [3.05, 3.63) is 11.9 Å². The lowest BCUT2D eigenvalue weighted by Crippen LogP contribution is -2.50. The van der Waals surface area contributed by atoms with Crippen molar-refractivity contribution in [1.82, 2.24) is 14.9 Å². The summed E-state index contributed by atoms with van der Waals surface area (Å²) in [5.74, 6) is 0. The molecule has 2 rings (SSSR count). The van der Waals surface area contributed by atoms with Gasteiger partial charge in [0.2, 0.25) is 0 Å². The highest BCUT2D eigenvalue weighted by Gasteiger charge is 2.34. The molecule has 112 valence electrons. The van der Waals surface area contributed by atoms with Gasteiger partial charge in [0.05, 0.1) is 17.4 Å². The molecule has 0 aromatic carbocycles. The molecule has 0 saturated carbocycles. The molecule has 0 bridgehead atoms. The zero-order valence-electron chi connectivity index (χ0n) is 10.9. The summed E-state index contributed by atoms with van der Waals surface area (Å²) in [5, 5.41) is 15.2. The number of aromatic nitrogens is 2. The molecule has 2 heterocycles. The maximum absolute atomic E-state index is 12.2. The Morgan fingerprint density at radius 3 is 2.70 bits per heavy atom. The average Bonchev–Trinajstić information content (AvgIpc) is 2.75. The van der Waals surface area contributed by atoms with Gasteiger partial charge in [-0.15, -0.1) is 0 Å². The molecule has 0 spiro atoms. The Bertz CT molecular complexity index is 578. The standard InChI is InChI=1S/C10H16N4O5S/c1-7-9(6-11-12-7)14(8-2-4-19-5-3-8)20(17,18)13-10(15)16/h6,8,13H,2-5H2,1H3,(H,11,12)(H,15,16). The van der Waals surface area contributed by atoms with Gasteiger partial charge >= 0.3 is 16.3 Å². The van der Waals surface area contributed by atoms with E-state index in [0.717, 1.165) is 4.31 Å². The summed E-state index contributed by atoms with van der Waals surface area (Å²) in [4.78, 5) is 10.7. The van der Waals surface area contributed by atoms with Crippen molar-refractivity contribution in [2.45, 2.75) is 25.8 Å². The number of hydrogen-bond acceptors (Lipinski definition) is 5. The normalized spacial score (nSPS) is 16.9. The Hall–Kier alpha value is -1.81. The fourth-order valence-corrected chi connectivity index (χ4v) is 3.54. The van der Waals surface area contributed by atoms with Crippen molar-refractivity contribution >= 4 is 22.0 Å². The maximum atomic E-state index is 12.2. The lowest BCUT2D eigenvalue weighted by molar-refractivity contribution is 0.0875. The first kappa shape index (κ1) is 14.6. The van der Waals surface area contributed by atoms with Crippen LogP contribution in [-0.2, 0) is 14.9 Å². The van der Waals surface area contributed by atoms with Crippen molar-refractivity contribution in [3.8, 4) is 0 Å². The van der Waals surface area contributed by atoms with Crippen LogP contribution in [0.15, 0.2) is 6.20 Å². The van der Waals surface area contributed by atoms with Gasteiger partial charge in [0.25, 0.3) is 0 Å². The Kier molecular flexibility index (Phi) is 4.14. The summed E-state index contributed by atoms with van der Waals surface area (Å²) >= 11 is 0. The van der Waals surface area contributed by atoms with Crippen LogP contribution in [-0.4, -0.2) is 49.1 Å². The molecule has 1 aromatic rings. The van der Waals surface area contributed by atoms with Gasteiger partial charge in [0.15, 0.2) is 0 Å². The van der Waals surface area contributed by atoms with E-state index in [4.69, 9.17) is 9.84 Å². The largest absolute Gasteiger partial charge is 0.464 e. The van der Waals surface area contributed by atoms with Gasteiger partial charge in [-0.05, 0) is 19.8 Å². The molecular formula is C10H16N4O5S. The van der Waals surface area contributed by atoms with Crippen LogP contribution in [0.1, 0.15) is 18.5 Å². The van der Waals surface area contributed by atoms with Gasteiger partial charge in [-0.2, -0.15) is 13.5 Å². The third-order valence-corrected chi connectivity index (χ3v) is 4.48. The molecule has 9 nitrogen and oxygen atoms in total. The van der Waals surface area contributed by atoms with Gasteiger partial charge in [0, 0.05) is 19.4 Å². The van der Waals surface area contributed by atoms with Crippen LogP contribution in [0.5, 0.6) is 0 Å². The summed E-state index contributed by atoms with van der Waals surface area (Å²) in [5.41, 5.74) is 0.818. The highest BCUT2D eigenvalue weighted by atomic mass is 32.2. The Labute approximate surface area is 116 Å². The van der Waals surface area contributed by atoms with Gasteiger partial charge in [-0.1, -0.05) is 0 Å². The quantitative estimate of drug-likeness (QED) is 0.730. The number of amides is 1. The zero-order valence-corrected chi connectivity index (χ0v) is 11.7. The van der Waals surface area contributed by atoms with E-state index in [1.54, 1.807) is 11.6 Å². The second-order valence-corrected chi connectivity index (χ2v) is 5.96. The van der Waals surface area contributed by atoms with Crippen LogP contribution >= 0.6 is 0 Å². The number of H-pyrrole nitrogens is 1. The number of aryl methyl sites for hydroxylation is 1. The number of carboxylic acid groups (broad SMARTS) is 1. The summed E-state index contributed by atoms with van der Waals surface area (Å²) in [6, 6.07) is -0.364. The first-order valence-corrected chi connectivity index (χ1v) is 7.49. The number of aromatic amines is 1. The molecule has 20 heavy (non-hydrogen) atoms. The molecule has 0 unspecified atom stereocenters. The Balaban J connectivity index is 2.38. The van der Waals surface area contributed by atoms with Crippen LogP contribution in [0.25, 0.3) is 0 Å². The fraction of sp³-hybridized carbons (Fsp3) is 0.600. The Morgan fingerprint density at radius 2 is 2.20 bits per heavy atom. The number of carbonyl (C=O) groups is 1. The van der Waals surface area contributed by atoms with Crippen molar-refractivity contribution in [3.63, 3.8) is 0 Å². The van der Waals surface area contributed by atoms with E-state index in [9.17, 15) is 13.2 Å². The number of anilines is 1. The molecule has 10 heteroatoms. The van der Waals surface area contributed by atoms with Gasteiger partial charge in [-0.3, -0.25) is 5.10 Å². The minimum Gasteiger partial charge on any atom is -0.464 e. The number of hydrogen-bond donors (Lipinski definition) is 3. The number of ether oxygens (including phenoxy) is 1. The Morgan fingerprint density at radius 1 is 1.55 bits per heavy atom. The lowest BCUT2D eigenvalue weighted by atomic mass is 10.1. The number of nitrogens with one attached hydrogen (secondary N) is 2. The first-order valence-electron chi connectivity index (χ1n) is 6.05.